The lowest BCUT2D eigenvalue weighted by atomic mass is 10.7. The first-order chi connectivity index (χ1) is 7.39. The van der Waals surface area contributed by atoms with Crippen LogP contribution in [0.5, 0.6) is 0 Å². The fraction of sp³-hybridized carbons (Fsp3) is 0.625. The summed E-state index contributed by atoms with van der Waals surface area (Å²) >= 11 is 0. The maximum atomic E-state index is 9.45. The van der Waals surface area contributed by atoms with Crippen LogP contribution in [-0.2, 0) is 28.2 Å². The molecule has 0 fully saturated rings. The lowest BCUT2D eigenvalue weighted by Gasteiger charge is -2.02. The van der Waals surface area contributed by atoms with Crippen LogP contribution in [-0.4, -0.2) is 35.9 Å². The molecule has 16 heavy (non-hydrogen) atoms. The lowest BCUT2D eigenvalue weighted by molar-refractivity contribution is -0.671. The quantitative estimate of drug-likeness (QED) is 0.412. The van der Waals surface area contributed by atoms with E-state index in [1.807, 2.05) is 34.9 Å². The molecule has 1 N–H and O–H groups in total. The predicted molar refractivity (Wildman–Crippen MR) is 54.0 cm³/mol. The molecule has 1 aromatic rings. The van der Waals surface area contributed by atoms with Gasteiger partial charge in [0.2, 0.25) is 16.7 Å². The van der Waals surface area contributed by atoms with Crippen LogP contribution in [0.25, 0.3) is 0 Å². The minimum atomic E-state index is -4.42. The Morgan fingerprint density at radius 3 is 2.44 bits per heavy atom. The van der Waals surface area contributed by atoms with Crippen LogP contribution >= 0.6 is 0 Å². The Labute approximate surface area is 94.9 Å². The summed E-state index contributed by atoms with van der Waals surface area (Å²) in [5, 5.41) is 8.50. The van der Waals surface area contributed by atoms with Gasteiger partial charge in [-0.3, -0.25) is 4.18 Å². The molecule has 0 amide bonds. The van der Waals surface area contributed by atoms with Crippen molar-refractivity contribution < 1.29 is 26.8 Å². The van der Waals surface area contributed by atoms with Crippen molar-refractivity contribution in [2.45, 2.75) is 13.5 Å². The summed E-state index contributed by atoms with van der Waals surface area (Å²) in [6.45, 7) is 2.22. The van der Waals surface area contributed by atoms with Crippen LogP contribution in [0.15, 0.2) is 18.7 Å². The van der Waals surface area contributed by atoms with E-state index in [2.05, 4.69) is 4.18 Å². The Kier molecular flexibility index (Phi) is 6.90. The minimum absolute atomic E-state index is 0.0914. The highest BCUT2D eigenvalue weighted by Crippen LogP contribution is 1.81. The minimum Gasteiger partial charge on any atom is -0.726 e. The molecular formula is C8H16N2O5S. The Bertz CT molecular complexity index is 387. The van der Waals surface area contributed by atoms with E-state index in [0.717, 1.165) is 0 Å². The zero-order chi connectivity index (χ0) is 12.6. The fourth-order valence-electron chi connectivity index (χ4n) is 0.894. The monoisotopic (exact) mass is 252 g/mol. The summed E-state index contributed by atoms with van der Waals surface area (Å²) in [4.78, 5) is 0. The molecule has 0 aliphatic heterocycles. The predicted octanol–water partition coefficient (Wildman–Crippen LogP) is -1.21. The van der Waals surface area contributed by atoms with Gasteiger partial charge in [-0.1, -0.05) is 0 Å². The Morgan fingerprint density at radius 1 is 1.56 bits per heavy atom. The van der Waals surface area contributed by atoms with E-state index in [-0.39, 0.29) is 13.2 Å². The molecule has 94 valence electrons. The molecule has 8 heteroatoms. The van der Waals surface area contributed by atoms with Gasteiger partial charge in [-0.05, 0) is 6.92 Å². The number of aliphatic hydroxyl groups is 1. The maximum absolute atomic E-state index is 9.45. The number of aryl methyl sites for hydroxylation is 1. The SMILES string of the molecule is CCOS(=O)(=O)[O-].C[n+]1ccn(CCO)c1. The molecule has 1 rings (SSSR count). The van der Waals surface area contributed by atoms with Crippen LogP contribution in [0.1, 0.15) is 6.92 Å². The average Bonchev–Trinajstić information content (AvgIpc) is 2.51. The highest BCUT2D eigenvalue weighted by molar-refractivity contribution is 7.80. The van der Waals surface area contributed by atoms with Gasteiger partial charge in [-0.25, -0.2) is 17.6 Å². The fourth-order valence-corrected chi connectivity index (χ4v) is 1.18. The van der Waals surface area contributed by atoms with Gasteiger partial charge >= 0.3 is 0 Å². The van der Waals surface area contributed by atoms with Crippen molar-refractivity contribution in [1.29, 1.82) is 0 Å². The molecule has 0 aliphatic rings. The van der Waals surface area contributed by atoms with Gasteiger partial charge in [-0.15, -0.1) is 0 Å². The topological polar surface area (TPSA) is 95.5 Å². The van der Waals surface area contributed by atoms with Crippen molar-refractivity contribution in [3.63, 3.8) is 0 Å². The number of hydrogen-bond acceptors (Lipinski definition) is 5. The number of aromatic nitrogens is 2. The number of rotatable bonds is 4. The van der Waals surface area contributed by atoms with Crippen molar-refractivity contribution in [1.82, 2.24) is 4.57 Å². The largest absolute Gasteiger partial charge is 0.726 e. The first-order valence-corrected chi connectivity index (χ1v) is 5.94. The third-order valence-corrected chi connectivity index (χ3v) is 1.97. The van der Waals surface area contributed by atoms with Gasteiger partial charge in [0.1, 0.15) is 18.9 Å². The van der Waals surface area contributed by atoms with E-state index < -0.39 is 10.4 Å². The van der Waals surface area contributed by atoms with Crippen molar-refractivity contribution in [3.05, 3.63) is 18.7 Å². The van der Waals surface area contributed by atoms with Crippen molar-refractivity contribution in [2.75, 3.05) is 13.2 Å². The molecule has 0 spiro atoms. The van der Waals surface area contributed by atoms with Gasteiger partial charge in [0, 0.05) is 0 Å². The second-order valence-corrected chi connectivity index (χ2v) is 3.91. The first kappa shape index (κ1) is 15.0. The van der Waals surface area contributed by atoms with Gasteiger partial charge in [0.05, 0.1) is 20.3 Å². The molecule has 1 aromatic heterocycles. The second kappa shape index (κ2) is 7.34. The summed E-state index contributed by atoms with van der Waals surface area (Å²) in [6.07, 6.45) is 5.79. The molecular weight excluding hydrogens is 236 g/mol. The maximum Gasteiger partial charge on any atom is 0.243 e. The molecule has 0 aliphatic carbocycles. The van der Waals surface area contributed by atoms with Gasteiger partial charge < -0.3 is 9.66 Å². The normalized spacial score (nSPS) is 10.8. The summed E-state index contributed by atoms with van der Waals surface area (Å²) in [5.74, 6) is 0. The van der Waals surface area contributed by atoms with Gasteiger partial charge in [-0.2, -0.15) is 0 Å². The van der Waals surface area contributed by atoms with Crippen molar-refractivity contribution in [3.8, 4) is 0 Å². The van der Waals surface area contributed by atoms with E-state index >= 15 is 0 Å². The molecule has 1 heterocycles. The van der Waals surface area contributed by atoms with Crippen molar-refractivity contribution >= 4 is 10.4 Å². The molecule has 0 atom stereocenters. The summed E-state index contributed by atoms with van der Waals surface area (Å²) in [5.41, 5.74) is 0. The van der Waals surface area contributed by atoms with Crippen LogP contribution in [0, 0.1) is 0 Å². The van der Waals surface area contributed by atoms with E-state index in [4.69, 9.17) is 5.11 Å². The highest BCUT2D eigenvalue weighted by atomic mass is 32.3. The van der Waals surface area contributed by atoms with Gasteiger partial charge in [0.15, 0.2) is 0 Å². The van der Waals surface area contributed by atoms with Crippen LogP contribution < -0.4 is 4.57 Å². The third kappa shape index (κ3) is 8.36. The molecule has 0 saturated heterocycles. The Balaban J connectivity index is 0.000000293. The third-order valence-electron chi connectivity index (χ3n) is 1.44. The summed E-state index contributed by atoms with van der Waals surface area (Å²) in [7, 11) is -2.47. The number of hydrogen-bond donors (Lipinski definition) is 1. The summed E-state index contributed by atoms with van der Waals surface area (Å²) in [6, 6.07) is 0. The van der Waals surface area contributed by atoms with E-state index in [1.54, 1.807) is 0 Å². The van der Waals surface area contributed by atoms with Crippen molar-refractivity contribution in [2.24, 2.45) is 7.05 Å². The molecule has 0 radical (unpaired) electrons. The highest BCUT2D eigenvalue weighted by Gasteiger charge is 1.95. The number of nitrogens with zero attached hydrogens (tertiary/aromatic N) is 2. The molecule has 0 bridgehead atoms. The number of imidazole rings is 1. The average molecular weight is 252 g/mol. The van der Waals surface area contributed by atoms with Crippen LogP contribution in [0.4, 0.5) is 0 Å². The molecule has 7 nitrogen and oxygen atoms in total. The Hall–Kier alpha value is -0.960. The van der Waals surface area contributed by atoms with E-state index in [9.17, 15) is 13.0 Å². The molecule has 0 aromatic carbocycles. The molecule has 0 saturated carbocycles. The van der Waals surface area contributed by atoms with Crippen LogP contribution in [0.3, 0.4) is 0 Å². The summed E-state index contributed by atoms with van der Waals surface area (Å²) < 4.78 is 35.9. The Morgan fingerprint density at radius 2 is 2.19 bits per heavy atom. The second-order valence-electron chi connectivity index (χ2n) is 2.86. The van der Waals surface area contributed by atoms with E-state index in [1.165, 1.54) is 6.92 Å². The lowest BCUT2D eigenvalue weighted by Crippen LogP contribution is -2.23. The first-order valence-electron chi connectivity index (χ1n) is 4.61. The smallest absolute Gasteiger partial charge is 0.243 e. The van der Waals surface area contributed by atoms with E-state index in [0.29, 0.717) is 6.54 Å². The zero-order valence-electron chi connectivity index (χ0n) is 9.24. The zero-order valence-corrected chi connectivity index (χ0v) is 10.1. The molecule has 0 unspecified atom stereocenters. The van der Waals surface area contributed by atoms with Crippen LogP contribution in [0.2, 0.25) is 0 Å². The standard InChI is InChI=1S/C6H11N2O.C2H6O4S/c1-7-2-3-8(6-7)4-5-9;1-2-6-7(3,4)5/h2-3,6,9H,4-5H2,1H3;2H2,1H3,(H,3,4,5)/q+1;/p-1. The number of aliphatic hydroxyl groups excluding tert-OH is 1. The van der Waals surface area contributed by atoms with Gasteiger partial charge in [0.25, 0.3) is 0 Å².